The fourth-order valence-electron chi connectivity index (χ4n) is 1.58. The molecule has 0 spiro atoms. The van der Waals surface area contributed by atoms with Gasteiger partial charge in [0.2, 0.25) is 0 Å². The Morgan fingerprint density at radius 1 is 0.938 bits per heavy atom. The Balaban J connectivity index is 2.09. The number of carbonyl (C=O) groups is 1. The molecule has 0 unspecified atom stereocenters. The van der Waals surface area contributed by atoms with Gasteiger partial charge in [-0.25, -0.2) is 9.98 Å². The Kier molecular flexibility index (Phi) is 1.86. The molecule has 0 fully saturated rings. The molecule has 1 aromatic rings. The number of allylic oxidation sites excluding steroid dienone is 1. The highest BCUT2D eigenvalue weighted by Crippen LogP contribution is 2.16. The lowest BCUT2D eigenvalue weighted by Crippen LogP contribution is -2.17. The van der Waals surface area contributed by atoms with Crippen molar-refractivity contribution in [3.05, 3.63) is 47.5 Å². The van der Waals surface area contributed by atoms with E-state index in [1.807, 2.05) is 30.3 Å². The maximum Gasteiger partial charge on any atom is 0.282 e. The van der Waals surface area contributed by atoms with Gasteiger partial charge < -0.3 is 0 Å². The maximum absolute atomic E-state index is 11.6. The lowest BCUT2D eigenvalue weighted by atomic mass is 10.1. The number of hydrogen-bond donors (Lipinski definition) is 0. The predicted molar refractivity (Wildman–Crippen MR) is 62.0 cm³/mol. The largest absolute Gasteiger partial charge is 0.282 e. The van der Waals surface area contributed by atoms with Crippen LogP contribution in [0.3, 0.4) is 0 Å². The van der Waals surface area contributed by atoms with Crippen LogP contribution in [0, 0.1) is 0 Å². The predicted octanol–water partition coefficient (Wildman–Crippen LogP) is 1.38. The van der Waals surface area contributed by atoms with E-state index in [0.29, 0.717) is 17.2 Å². The quantitative estimate of drug-likeness (QED) is 0.689. The van der Waals surface area contributed by atoms with Crippen LogP contribution in [0.4, 0.5) is 0 Å². The zero-order chi connectivity index (χ0) is 11.0. The minimum Gasteiger partial charge on any atom is -0.267 e. The van der Waals surface area contributed by atoms with Gasteiger partial charge in [-0.05, 0) is 6.08 Å². The summed E-state index contributed by atoms with van der Waals surface area (Å²) in [5.41, 5.74) is 1.30. The molecule has 0 saturated heterocycles. The first kappa shape index (κ1) is 8.91. The standard InChI is InChI=1S/C12H7N3O/c16-12-9-6-7-13-11(9)14-10(15-12)8-4-2-1-3-5-8/h1-7H. The van der Waals surface area contributed by atoms with E-state index in [1.54, 1.807) is 12.3 Å². The van der Waals surface area contributed by atoms with Gasteiger partial charge in [-0.3, -0.25) is 4.79 Å². The fraction of sp³-hybridized carbons (Fsp3) is 0. The average Bonchev–Trinajstić information content (AvgIpc) is 2.79. The first-order chi connectivity index (χ1) is 7.84. The van der Waals surface area contributed by atoms with Gasteiger partial charge in [0.25, 0.3) is 5.91 Å². The third-order valence-electron chi connectivity index (χ3n) is 2.36. The summed E-state index contributed by atoms with van der Waals surface area (Å²) in [6.07, 6.45) is 3.20. The van der Waals surface area contributed by atoms with E-state index in [9.17, 15) is 4.79 Å². The van der Waals surface area contributed by atoms with Gasteiger partial charge in [0, 0.05) is 11.8 Å². The number of benzene rings is 1. The summed E-state index contributed by atoms with van der Waals surface area (Å²) in [4.78, 5) is 23.8. The van der Waals surface area contributed by atoms with E-state index in [-0.39, 0.29) is 5.91 Å². The molecule has 2 aliphatic rings. The van der Waals surface area contributed by atoms with Crippen molar-refractivity contribution in [2.75, 3.05) is 0 Å². The zero-order valence-electron chi connectivity index (χ0n) is 8.29. The van der Waals surface area contributed by atoms with Crippen LogP contribution in [0.5, 0.6) is 0 Å². The molecule has 0 bridgehead atoms. The van der Waals surface area contributed by atoms with E-state index >= 15 is 0 Å². The first-order valence-electron chi connectivity index (χ1n) is 4.86. The number of nitrogens with zero attached hydrogens (tertiary/aromatic N) is 3. The zero-order valence-corrected chi connectivity index (χ0v) is 8.29. The molecule has 2 heterocycles. The SMILES string of the molecule is O=C1N=C(c2ccccc2)N=C2N=CC=C12. The van der Waals surface area contributed by atoms with Crippen molar-refractivity contribution in [3.63, 3.8) is 0 Å². The van der Waals surface area contributed by atoms with E-state index in [0.717, 1.165) is 5.56 Å². The monoisotopic (exact) mass is 209 g/mol. The van der Waals surface area contributed by atoms with Crippen molar-refractivity contribution >= 4 is 23.8 Å². The average molecular weight is 209 g/mol. The highest BCUT2D eigenvalue weighted by Gasteiger charge is 2.23. The third kappa shape index (κ3) is 1.32. The molecule has 0 aromatic heterocycles. The Labute approximate surface area is 91.8 Å². The first-order valence-corrected chi connectivity index (χ1v) is 4.86. The Morgan fingerprint density at radius 3 is 2.56 bits per heavy atom. The second-order valence-electron chi connectivity index (χ2n) is 3.40. The number of fused-ring (bicyclic) bond motifs is 1. The minimum atomic E-state index is -0.277. The Hall–Kier alpha value is -2.36. The molecule has 0 atom stereocenters. The van der Waals surface area contributed by atoms with Crippen LogP contribution in [0.2, 0.25) is 0 Å². The molecule has 2 aliphatic heterocycles. The van der Waals surface area contributed by atoms with Gasteiger partial charge in [-0.2, -0.15) is 4.99 Å². The second-order valence-corrected chi connectivity index (χ2v) is 3.40. The van der Waals surface area contributed by atoms with Gasteiger partial charge in [0.15, 0.2) is 11.7 Å². The molecule has 0 N–H and O–H groups in total. The number of rotatable bonds is 1. The minimum absolute atomic E-state index is 0.277. The lowest BCUT2D eigenvalue weighted by molar-refractivity contribution is -0.113. The van der Waals surface area contributed by atoms with E-state index < -0.39 is 0 Å². The van der Waals surface area contributed by atoms with Gasteiger partial charge >= 0.3 is 0 Å². The van der Waals surface area contributed by atoms with Crippen molar-refractivity contribution in [2.24, 2.45) is 15.0 Å². The van der Waals surface area contributed by atoms with Crippen molar-refractivity contribution < 1.29 is 4.79 Å². The molecule has 4 nitrogen and oxygen atoms in total. The molecule has 0 aliphatic carbocycles. The van der Waals surface area contributed by atoms with Gasteiger partial charge in [-0.15, -0.1) is 0 Å². The van der Waals surface area contributed by atoms with Crippen LogP contribution in [0.25, 0.3) is 0 Å². The summed E-state index contributed by atoms with van der Waals surface area (Å²) in [5, 5.41) is 0. The van der Waals surface area contributed by atoms with Gasteiger partial charge in [0.05, 0.1) is 5.57 Å². The van der Waals surface area contributed by atoms with Gasteiger partial charge in [0.1, 0.15) is 0 Å². The smallest absolute Gasteiger partial charge is 0.267 e. The van der Waals surface area contributed by atoms with E-state index in [1.165, 1.54) is 0 Å². The summed E-state index contributed by atoms with van der Waals surface area (Å²) in [7, 11) is 0. The normalized spacial score (nSPS) is 17.8. The van der Waals surface area contributed by atoms with Crippen LogP contribution >= 0.6 is 0 Å². The number of aliphatic imine (C=N–C) groups is 3. The van der Waals surface area contributed by atoms with Crippen molar-refractivity contribution in [2.45, 2.75) is 0 Å². The molecular formula is C12H7N3O. The van der Waals surface area contributed by atoms with Crippen LogP contribution in [0.1, 0.15) is 5.56 Å². The molecule has 1 aromatic carbocycles. The molecule has 76 valence electrons. The van der Waals surface area contributed by atoms with Crippen molar-refractivity contribution in [1.82, 2.24) is 0 Å². The second kappa shape index (κ2) is 3.34. The molecule has 3 rings (SSSR count). The Morgan fingerprint density at radius 2 is 1.75 bits per heavy atom. The van der Waals surface area contributed by atoms with E-state index in [4.69, 9.17) is 0 Å². The lowest BCUT2D eigenvalue weighted by Gasteiger charge is -2.08. The highest BCUT2D eigenvalue weighted by atomic mass is 16.1. The third-order valence-corrected chi connectivity index (χ3v) is 2.36. The summed E-state index contributed by atoms with van der Waals surface area (Å²) < 4.78 is 0. The van der Waals surface area contributed by atoms with Crippen LogP contribution in [0.15, 0.2) is 57.0 Å². The summed E-state index contributed by atoms with van der Waals surface area (Å²) in [6.45, 7) is 0. The molecule has 4 heteroatoms. The maximum atomic E-state index is 11.6. The van der Waals surface area contributed by atoms with Crippen LogP contribution in [-0.2, 0) is 4.79 Å². The molecule has 16 heavy (non-hydrogen) atoms. The molecular weight excluding hydrogens is 202 g/mol. The molecule has 1 amide bonds. The van der Waals surface area contributed by atoms with Crippen LogP contribution < -0.4 is 0 Å². The highest BCUT2D eigenvalue weighted by molar-refractivity contribution is 6.34. The van der Waals surface area contributed by atoms with Crippen molar-refractivity contribution in [3.8, 4) is 0 Å². The van der Waals surface area contributed by atoms with E-state index in [2.05, 4.69) is 15.0 Å². The summed E-state index contributed by atoms with van der Waals surface area (Å²) >= 11 is 0. The van der Waals surface area contributed by atoms with Gasteiger partial charge in [-0.1, -0.05) is 30.3 Å². The number of amides is 1. The molecule has 0 saturated carbocycles. The number of carbonyl (C=O) groups excluding carboxylic acids is 1. The Bertz CT molecular complexity index is 580. The molecule has 0 radical (unpaired) electrons. The fourth-order valence-corrected chi connectivity index (χ4v) is 1.58. The topological polar surface area (TPSA) is 54.1 Å². The van der Waals surface area contributed by atoms with Crippen LogP contribution in [-0.4, -0.2) is 23.8 Å². The number of amidine groups is 2. The summed E-state index contributed by atoms with van der Waals surface area (Å²) in [6, 6.07) is 9.39. The summed E-state index contributed by atoms with van der Waals surface area (Å²) in [5.74, 6) is 0.608. The number of hydrogen-bond acceptors (Lipinski definition) is 3. The van der Waals surface area contributed by atoms with Crippen molar-refractivity contribution in [1.29, 1.82) is 0 Å².